The molecule has 0 saturated heterocycles. The maximum absolute atomic E-state index is 11.1. The molecule has 0 aliphatic rings. The van der Waals surface area contributed by atoms with Crippen molar-refractivity contribution in [3.8, 4) is 11.5 Å². The minimum Gasteiger partial charge on any atom is -0.494 e. The molecule has 8 nitrogen and oxygen atoms in total. The van der Waals surface area contributed by atoms with E-state index in [0.29, 0.717) is 46.0 Å². The summed E-state index contributed by atoms with van der Waals surface area (Å²) in [5.74, 6) is 1.59. The van der Waals surface area contributed by atoms with E-state index in [4.69, 9.17) is 18.9 Å². The standard InChI is InChI=1S/C26H38N2O6/c1-21-4-8-23(9-5-21)33-16-3-15-32-20-26(30)28-14-12-22-6-10-24(11-7-22)34-19-18-31-17-13-25(29)27-2/h4-11,26,28,30H,3,12-20H2,1-2H3,(H,27,29). The Morgan fingerprint density at radius 1 is 0.882 bits per heavy atom. The molecule has 0 aliphatic carbocycles. The number of carbonyl (C=O) groups is 1. The van der Waals surface area contributed by atoms with Gasteiger partial charge in [-0.2, -0.15) is 0 Å². The third-order valence-corrected chi connectivity index (χ3v) is 4.96. The molecule has 2 rings (SSSR count). The number of hydrogen-bond acceptors (Lipinski definition) is 7. The molecule has 0 heterocycles. The Morgan fingerprint density at radius 2 is 1.56 bits per heavy atom. The van der Waals surface area contributed by atoms with Gasteiger partial charge in [-0.05, 0) is 43.2 Å². The number of aliphatic hydroxyl groups is 1. The third kappa shape index (κ3) is 12.6. The molecule has 0 saturated carbocycles. The first-order valence-corrected chi connectivity index (χ1v) is 11.8. The molecule has 34 heavy (non-hydrogen) atoms. The Labute approximate surface area is 202 Å². The molecule has 0 spiro atoms. The molecule has 1 atom stereocenters. The summed E-state index contributed by atoms with van der Waals surface area (Å²) in [6, 6.07) is 15.8. The molecule has 1 unspecified atom stereocenters. The van der Waals surface area contributed by atoms with Gasteiger partial charge in [-0.1, -0.05) is 29.8 Å². The van der Waals surface area contributed by atoms with Gasteiger partial charge in [0.2, 0.25) is 5.91 Å². The van der Waals surface area contributed by atoms with Crippen LogP contribution in [0.4, 0.5) is 0 Å². The highest BCUT2D eigenvalue weighted by molar-refractivity contribution is 5.75. The van der Waals surface area contributed by atoms with E-state index in [1.165, 1.54) is 5.56 Å². The summed E-state index contributed by atoms with van der Waals surface area (Å²) in [4.78, 5) is 11.1. The van der Waals surface area contributed by atoms with Crippen LogP contribution in [0.2, 0.25) is 0 Å². The summed E-state index contributed by atoms with van der Waals surface area (Å²) in [5.41, 5.74) is 2.35. The third-order valence-electron chi connectivity index (χ3n) is 4.96. The number of nitrogens with one attached hydrogen (secondary N) is 2. The fourth-order valence-corrected chi connectivity index (χ4v) is 2.99. The molecular weight excluding hydrogens is 436 g/mol. The number of rotatable bonds is 18. The molecule has 2 aromatic carbocycles. The molecule has 1 amide bonds. The topological polar surface area (TPSA) is 98.3 Å². The first-order chi connectivity index (χ1) is 16.6. The van der Waals surface area contributed by atoms with E-state index in [0.717, 1.165) is 29.9 Å². The lowest BCUT2D eigenvalue weighted by atomic mass is 10.1. The lowest BCUT2D eigenvalue weighted by Gasteiger charge is -2.14. The smallest absolute Gasteiger partial charge is 0.222 e. The molecule has 3 N–H and O–H groups in total. The van der Waals surface area contributed by atoms with Crippen LogP contribution in [0.25, 0.3) is 0 Å². The summed E-state index contributed by atoms with van der Waals surface area (Å²) in [6.45, 7) is 5.28. The molecule has 188 valence electrons. The van der Waals surface area contributed by atoms with Crippen molar-refractivity contribution in [2.24, 2.45) is 0 Å². The normalized spacial score (nSPS) is 11.7. The Bertz CT molecular complexity index is 798. The van der Waals surface area contributed by atoms with Crippen LogP contribution in [0.3, 0.4) is 0 Å². The van der Waals surface area contributed by atoms with Gasteiger partial charge in [0.25, 0.3) is 0 Å². The highest BCUT2D eigenvalue weighted by Gasteiger charge is 2.04. The summed E-state index contributed by atoms with van der Waals surface area (Å²) < 4.78 is 22.2. The lowest BCUT2D eigenvalue weighted by Crippen LogP contribution is -2.34. The monoisotopic (exact) mass is 474 g/mol. The number of carbonyl (C=O) groups excluding carboxylic acids is 1. The highest BCUT2D eigenvalue weighted by atomic mass is 16.5. The number of benzene rings is 2. The average molecular weight is 475 g/mol. The molecule has 0 radical (unpaired) electrons. The molecule has 8 heteroatoms. The van der Waals surface area contributed by atoms with Gasteiger partial charge < -0.3 is 29.4 Å². The Balaban J connectivity index is 1.45. The largest absolute Gasteiger partial charge is 0.494 e. The van der Waals surface area contributed by atoms with Gasteiger partial charge >= 0.3 is 0 Å². The van der Waals surface area contributed by atoms with Gasteiger partial charge in [-0.25, -0.2) is 0 Å². The molecule has 2 aromatic rings. The van der Waals surface area contributed by atoms with E-state index in [1.807, 2.05) is 55.5 Å². The average Bonchev–Trinajstić information content (AvgIpc) is 2.85. The van der Waals surface area contributed by atoms with E-state index in [-0.39, 0.29) is 12.5 Å². The minimum absolute atomic E-state index is 0.0364. The van der Waals surface area contributed by atoms with Crippen molar-refractivity contribution in [1.82, 2.24) is 10.6 Å². The molecule has 0 aromatic heterocycles. The van der Waals surface area contributed by atoms with E-state index < -0.39 is 6.23 Å². The summed E-state index contributed by atoms with van der Waals surface area (Å²) >= 11 is 0. The zero-order valence-corrected chi connectivity index (χ0v) is 20.3. The first kappa shape index (κ1) is 27.6. The zero-order chi connectivity index (χ0) is 24.4. The van der Waals surface area contributed by atoms with Crippen LogP contribution in [-0.4, -0.2) is 70.5 Å². The van der Waals surface area contributed by atoms with Gasteiger partial charge in [0.05, 0.1) is 33.0 Å². The summed E-state index contributed by atoms with van der Waals surface area (Å²) in [6.07, 6.45) is 1.19. The van der Waals surface area contributed by atoms with Crippen LogP contribution in [0.5, 0.6) is 11.5 Å². The van der Waals surface area contributed by atoms with Gasteiger partial charge in [0, 0.05) is 26.4 Å². The second kappa shape index (κ2) is 16.9. The van der Waals surface area contributed by atoms with E-state index in [1.54, 1.807) is 7.05 Å². The van der Waals surface area contributed by atoms with Crippen molar-refractivity contribution >= 4 is 5.91 Å². The number of aryl methyl sites for hydroxylation is 1. The Morgan fingerprint density at radius 3 is 2.26 bits per heavy atom. The van der Waals surface area contributed by atoms with E-state index in [9.17, 15) is 9.90 Å². The van der Waals surface area contributed by atoms with Gasteiger partial charge in [0.1, 0.15) is 24.3 Å². The number of hydrogen-bond donors (Lipinski definition) is 3. The highest BCUT2D eigenvalue weighted by Crippen LogP contribution is 2.13. The quantitative estimate of drug-likeness (QED) is 0.226. The first-order valence-electron chi connectivity index (χ1n) is 11.8. The summed E-state index contributed by atoms with van der Waals surface area (Å²) in [5, 5.41) is 15.6. The van der Waals surface area contributed by atoms with Crippen LogP contribution < -0.4 is 20.1 Å². The van der Waals surface area contributed by atoms with Crippen LogP contribution >= 0.6 is 0 Å². The second-order valence-corrected chi connectivity index (χ2v) is 7.84. The van der Waals surface area contributed by atoms with E-state index >= 15 is 0 Å². The molecule has 0 aliphatic heterocycles. The fourth-order valence-electron chi connectivity index (χ4n) is 2.99. The second-order valence-electron chi connectivity index (χ2n) is 7.84. The maximum atomic E-state index is 11.1. The number of ether oxygens (including phenoxy) is 4. The Kier molecular flexibility index (Phi) is 13.7. The predicted molar refractivity (Wildman–Crippen MR) is 131 cm³/mol. The van der Waals surface area contributed by atoms with Crippen LogP contribution in [-0.2, 0) is 20.7 Å². The van der Waals surface area contributed by atoms with Gasteiger partial charge in [0.15, 0.2) is 0 Å². The Hall–Kier alpha value is -2.65. The van der Waals surface area contributed by atoms with E-state index in [2.05, 4.69) is 10.6 Å². The maximum Gasteiger partial charge on any atom is 0.222 e. The summed E-state index contributed by atoms with van der Waals surface area (Å²) in [7, 11) is 1.61. The minimum atomic E-state index is -0.705. The van der Waals surface area contributed by atoms with Gasteiger partial charge in [-0.15, -0.1) is 0 Å². The van der Waals surface area contributed by atoms with Crippen molar-refractivity contribution < 1.29 is 28.8 Å². The predicted octanol–water partition coefficient (Wildman–Crippen LogP) is 2.46. The van der Waals surface area contributed by atoms with Crippen molar-refractivity contribution in [3.63, 3.8) is 0 Å². The van der Waals surface area contributed by atoms with Crippen LogP contribution in [0.15, 0.2) is 48.5 Å². The number of amides is 1. The molecular formula is C26H38N2O6. The molecule has 0 bridgehead atoms. The molecule has 0 fully saturated rings. The van der Waals surface area contributed by atoms with Crippen LogP contribution in [0.1, 0.15) is 24.0 Å². The van der Waals surface area contributed by atoms with Crippen molar-refractivity contribution in [3.05, 3.63) is 59.7 Å². The fraction of sp³-hybridized carbons (Fsp3) is 0.500. The lowest BCUT2D eigenvalue weighted by molar-refractivity contribution is -0.121. The number of aliphatic hydroxyl groups excluding tert-OH is 1. The van der Waals surface area contributed by atoms with Crippen molar-refractivity contribution in [2.75, 3.05) is 53.2 Å². The SMILES string of the molecule is CNC(=O)CCOCCOc1ccc(CCNC(O)COCCCOc2ccc(C)cc2)cc1. The van der Waals surface area contributed by atoms with Crippen molar-refractivity contribution in [1.29, 1.82) is 0 Å². The van der Waals surface area contributed by atoms with Crippen molar-refractivity contribution in [2.45, 2.75) is 32.4 Å². The van der Waals surface area contributed by atoms with Gasteiger partial charge in [-0.3, -0.25) is 10.1 Å². The van der Waals surface area contributed by atoms with Crippen LogP contribution in [0, 0.1) is 6.92 Å². The zero-order valence-electron chi connectivity index (χ0n) is 20.3.